The van der Waals surface area contributed by atoms with Gasteiger partial charge in [0.1, 0.15) is 29.3 Å². The van der Waals surface area contributed by atoms with Crippen LogP contribution in [-0.2, 0) is 6.42 Å². The average Bonchev–Trinajstić information content (AvgIpc) is 2.73. The first-order valence-corrected chi connectivity index (χ1v) is 8.83. The maximum atomic E-state index is 9.45. The Bertz CT molecular complexity index is 1130. The van der Waals surface area contributed by atoms with Crippen molar-refractivity contribution in [2.75, 3.05) is 31.0 Å². The van der Waals surface area contributed by atoms with E-state index in [1.165, 1.54) is 7.11 Å². The summed E-state index contributed by atoms with van der Waals surface area (Å²) in [4.78, 5) is 8.81. The monoisotopic (exact) mass is 404 g/mol. The van der Waals surface area contributed by atoms with Gasteiger partial charge in [0.05, 0.1) is 19.9 Å². The molecule has 1 aliphatic heterocycles. The molecule has 10 nitrogen and oxygen atoms in total. The van der Waals surface area contributed by atoms with Gasteiger partial charge >= 0.3 is 0 Å². The van der Waals surface area contributed by atoms with E-state index in [1.54, 1.807) is 19.3 Å². The number of nitrogens with one attached hydrogen (secondary N) is 2. The Morgan fingerprint density at radius 1 is 1.30 bits per heavy atom. The minimum atomic E-state index is -0.680. The number of nitrogens with two attached hydrogens (primary N) is 2. The van der Waals surface area contributed by atoms with Gasteiger partial charge in [0, 0.05) is 11.1 Å². The molecule has 3 rings (SSSR count). The lowest BCUT2D eigenvalue weighted by molar-refractivity contribution is 0.351. The third-order valence-corrected chi connectivity index (χ3v) is 4.62. The lowest BCUT2D eigenvalue weighted by Crippen LogP contribution is -2.32. The number of anilines is 3. The number of guanidine groups is 1. The summed E-state index contributed by atoms with van der Waals surface area (Å²) in [6.45, 7) is 3.79. The molecule has 0 fully saturated rings. The number of nitrogen functional groups attached to an aromatic ring is 2. The number of rotatable bonds is 5. The fourth-order valence-corrected chi connectivity index (χ4v) is 3.35. The summed E-state index contributed by atoms with van der Waals surface area (Å²) in [5.74, 6) is 1.54. The van der Waals surface area contributed by atoms with Crippen molar-refractivity contribution >= 4 is 23.3 Å². The van der Waals surface area contributed by atoms with Gasteiger partial charge in [0.25, 0.3) is 0 Å². The minimum Gasteiger partial charge on any atom is -0.493 e. The number of pyridine rings is 1. The van der Waals surface area contributed by atoms with Crippen LogP contribution in [0.5, 0.6) is 11.5 Å². The van der Waals surface area contributed by atoms with Crippen LogP contribution in [0, 0.1) is 22.8 Å². The summed E-state index contributed by atoms with van der Waals surface area (Å²) >= 11 is 0. The van der Waals surface area contributed by atoms with Gasteiger partial charge in [0.15, 0.2) is 17.7 Å². The molecular weight excluding hydrogens is 384 g/mol. The van der Waals surface area contributed by atoms with E-state index in [0.717, 1.165) is 5.56 Å². The third-order valence-electron chi connectivity index (χ3n) is 4.62. The number of aromatic nitrogens is 1. The predicted molar refractivity (Wildman–Crippen MR) is 113 cm³/mol. The van der Waals surface area contributed by atoms with Crippen LogP contribution < -0.4 is 31.6 Å². The number of ether oxygens (including phenoxy) is 2. The molecular formula is C20H20N8O2. The Labute approximate surface area is 173 Å². The van der Waals surface area contributed by atoms with Gasteiger partial charge < -0.3 is 26.3 Å². The first kappa shape index (κ1) is 20.3. The zero-order valence-corrected chi connectivity index (χ0v) is 16.5. The second kappa shape index (κ2) is 8.29. The van der Waals surface area contributed by atoms with Crippen molar-refractivity contribution in [3.8, 4) is 23.8 Å². The number of aliphatic imine (C=N–C) groups is 1. The van der Waals surface area contributed by atoms with Crippen LogP contribution in [0.3, 0.4) is 0 Å². The maximum Gasteiger partial charge on any atom is 0.211 e. The first-order valence-electron chi connectivity index (χ1n) is 8.83. The van der Waals surface area contributed by atoms with E-state index in [2.05, 4.69) is 27.2 Å². The fourth-order valence-electron chi connectivity index (χ4n) is 3.35. The predicted octanol–water partition coefficient (Wildman–Crippen LogP) is 1.80. The minimum absolute atomic E-state index is 0.0159. The van der Waals surface area contributed by atoms with Gasteiger partial charge in [-0.15, -0.1) is 6.58 Å². The number of hydrogen-bond donors (Lipinski definition) is 4. The van der Waals surface area contributed by atoms with Gasteiger partial charge in [-0.3, -0.25) is 5.32 Å². The van der Waals surface area contributed by atoms with Crippen molar-refractivity contribution in [2.24, 2.45) is 4.99 Å². The van der Waals surface area contributed by atoms with Crippen LogP contribution in [-0.4, -0.2) is 25.2 Å². The van der Waals surface area contributed by atoms with E-state index in [1.807, 2.05) is 18.3 Å². The second-order valence-corrected chi connectivity index (χ2v) is 6.31. The van der Waals surface area contributed by atoms with Gasteiger partial charge in [0.2, 0.25) is 5.96 Å². The van der Waals surface area contributed by atoms with Gasteiger partial charge in [-0.25, -0.2) is 9.98 Å². The number of allylic oxidation sites excluding steroid dienone is 1. The van der Waals surface area contributed by atoms with Gasteiger partial charge in [-0.2, -0.15) is 10.5 Å². The number of fused-ring (bicyclic) bond motifs is 1. The molecule has 0 saturated heterocycles. The number of hydrogen-bond acceptors (Lipinski definition) is 10. The zero-order valence-electron chi connectivity index (χ0n) is 16.5. The van der Waals surface area contributed by atoms with E-state index in [0.29, 0.717) is 34.9 Å². The highest BCUT2D eigenvalue weighted by molar-refractivity contribution is 5.98. The lowest BCUT2D eigenvalue weighted by atomic mass is 9.93. The Morgan fingerprint density at radius 2 is 2.07 bits per heavy atom. The van der Waals surface area contributed by atoms with E-state index < -0.39 is 6.04 Å². The van der Waals surface area contributed by atoms with Crippen LogP contribution in [0.4, 0.5) is 17.3 Å². The van der Waals surface area contributed by atoms with Crippen LogP contribution in [0.15, 0.2) is 29.8 Å². The highest BCUT2D eigenvalue weighted by Crippen LogP contribution is 2.43. The van der Waals surface area contributed by atoms with Crippen LogP contribution in [0.1, 0.15) is 28.3 Å². The molecule has 10 heteroatoms. The molecule has 30 heavy (non-hydrogen) atoms. The van der Waals surface area contributed by atoms with Crippen molar-refractivity contribution < 1.29 is 9.47 Å². The van der Waals surface area contributed by atoms with Crippen LogP contribution in [0.25, 0.3) is 0 Å². The lowest BCUT2D eigenvalue weighted by Gasteiger charge is -2.27. The normalized spacial score (nSPS) is 14.3. The molecule has 0 saturated carbocycles. The molecule has 0 spiro atoms. The summed E-state index contributed by atoms with van der Waals surface area (Å²) in [7, 11) is 3.09. The molecule has 152 valence electrons. The maximum absolute atomic E-state index is 9.45. The van der Waals surface area contributed by atoms with Crippen molar-refractivity contribution in [3.05, 3.63) is 47.0 Å². The summed E-state index contributed by atoms with van der Waals surface area (Å²) in [5.41, 5.74) is 14.4. The topological polar surface area (TPSA) is 167 Å². The van der Waals surface area contributed by atoms with E-state index >= 15 is 0 Å². The number of nitrogens with zero attached hydrogens (tertiary/aromatic N) is 4. The molecule has 1 atom stereocenters. The average molecular weight is 404 g/mol. The van der Waals surface area contributed by atoms with E-state index in [4.69, 9.17) is 26.2 Å². The summed E-state index contributed by atoms with van der Waals surface area (Å²) in [5, 5.41) is 23.8. The number of methoxy groups -OCH3 is 2. The molecule has 1 aromatic heterocycles. The van der Waals surface area contributed by atoms with Crippen molar-refractivity contribution in [3.63, 3.8) is 0 Å². The SMILES string of the molecule is C=CCc1cc(C2N=C(NC#N)Nc3nc(N)c(C#N)c(N)c32)cc(OC)c1OC. The molecule has 0 aliphatic carbocycles. The second-order valence-electron chi connectivity index (χ2n) is 6.31. The molecule has 0 radical (unpaired) electrons. The molecule has 0 amide bonds. The van der Waals surface area contributed by atoms with Crippen molar-refractivity contribution in [2.45, 2.75) is 12.5 Å². The third kappa shape index (κ3) is 3.38. The quantitative estimate of drug-likeness (QED) is 0.330. The zero-order chi connectivity index (χ0) is 21.8. The Kier molecular flexibility index (Phi) is 5.61. The van der Waals surface area contributed by atoms with Crippen molar-refractivity contribution in [1.29, 1.82) is 10.5 Å². The van der Waals surface area contributed by atoms with Crippen LogP contribution in [0.2, 0.25) is 0 Å². The summed E-state index contributed by atoms with van der Waals surface area (Å²) in [6, 6.07) is 4.95. The van der Waals surface area contributed by atoms with E-state index in [-0.39, 0.29) is 23.0 Å². The standard InChI is InChI=1S/C20H20N8O2/c1-4-5-10-6-11(7-13(29-2)17(10)30-3)16-14-15(23)12(8-21)18(24)27-19(14)28-20(26-16)25-9-22/h4,6-7,16H,1,5H2,2-3H3,(H6,23,24,25,26,27,28). The highest BCUT2D eigenvalue weighted by Gasteiger charge is 2.30. The highest BCUT2D eigenvalue weighted by atomic mass is 16.5. The van der Waals surface area contributed by atoms with Gasteiger partial charge in [-0.05, 0) is 24.1 Å². The Morgan fingerprint density at radius 3 is 2.67 bits per heavy atom. The fraction of sp³-hybridized carbons (Fsp3) is 0.200. The number of benzene rings is 1. The molecule has 2 aromatic rings. The Balaban J connectivity index is 2.30. The number of nitriles is 2. The molecule has 1 aromatic carbocycles. The smallest absolute Gasteiger partial charge is 0.211 e. The first-order chi connectivity index (χ1) is 14.5. The molecule has 2 heterocycles. The summed E-state index contributed by atoms with van der Waals surface area (Å²) in [6.07, 6.45) is 4.09. The molecule has 1 aliphatic rings. The molecule has 6 N–H and O–H groups in total. The van der Waals surface area contributed by atoms with Crippen LogP contribution >= 0.6 is 0 Å². The summed E-state index contributed by atoms with van der Waals surface area (Å²) < 4.78 is 11.0. The Hall–Kier alpha value is -4.44. The van der Waals surface area contributed by atoms with E-state index in [9.17, 15) is 5.26 Å². The largest absolute Gasteiger partial charge is 0.493 e. The van der Waals surface area contributed by atoms with Gasteiger partial charge in [-0.1, -0.05) is 6.08 Å². The molecule has 1 unspecified atom stereocenters. The van der Waals surface area contributed by atoms with Crippen molar-refractivity contribution in [1.82, 2.24) is 10.3 Å². The molecule has 0 bridgehead atoms.